The summed E-state index contributed by atoms with van der Waals surface area (Å²) in [5, 5.41) is 14.5. The molecule has 2 aromatic carbocycles. The third-order valence-electron chi connectivity index (χ3n) is 7.88. The van der Waals surface area contributed by atoms with Crippen LogP contribution in [0.2, 0.25) is 0 Å². The van der Waals surface area contributed by atoms with Gasteiger partial charge in [-0.05, 0) is 56.0 Å². The summed E-state index contributed by atoms with van der Waals surface area (Å²) in [6.07, 6.45) is 4.89. The third kappa shape index (κ3) is 5.25. The Labute approximate surface area is 238 Å². The Balaban J connectivity index is 1.31. The number of fused-ring (bicyclic) bond motifs is 1. The average molecular weight is 553 g/mol. The van der Waals surface area contributed by atoms with Crippen molar-refractivity contribution in [3.8, 4) is 22.9 Å². The maximum Gasteiger partial charge on any atom is 0.407 e. The molecule has 10 heteroatoms. The minimum Gasteiger partial charge on any atom is -0.465 e. The lowest BCUT2D eigenvalue weighted by Crippen LogP contribution is -2.44. The van der Waals surface area contributed by atoms with Crippen molar-refractivity contribution in [1.82, 2.24) is 19.9 Å². The predicted octanol–water partition coefficient (Wildman–Crippen LogP) is 5.72. The normalized spacial score (nSPS) is 19.0. The Bertz CT molecular complexity index is 1630. The van der Waals surface area contributed by atoms with Crippen molar-refractivity contribution >= 4 is 34.4 Å². The summed E-state index contributed by atoms with van der Waals surface area (Å²) in [6, 6.07) is 15.5. The molecule has 6 rings (SSSR count). The molecule has 2 unspecified atom stereocenters. The number of carboxylic acid groups (broad SMARTS) is 1. The minimum atomic E-state index is -0.916. The molecule has 2 fully saturated rings. The smallest absolute Gasteiger partial charge is 0.407 e. The molecule has 2 atom stereocenters. The molecule has 0 saturated carbocycles. The summed E-state index contributed by atoms with van der Waals surface area (Å²) in [7, 11) is 0. The van der Waals surface area contributed by atoms with Crippen LogP contribution in [0, 0.1) is 12.8 Å². The van der Waals surface area contributed by atoms with E-state index in [1.54, 1.807) is 18.5 Å². The molecule has 2 amide bonds. The molecule has 0 bridgehead atoms. The number of anilines is 2. The maximum atomic E-state index is 12.8. The Morgan fingerprint density at radius 1 is 1.02 bits per heavy atom. The van der Waals surface area contributed by atoms with Crippen LogP contribution in [-0.4, -0.2) is 62.6 Å². The van der Waals surface area contributed by atoms with Crippen LogP contribution in [0.4, 0.5) is 16.4 Å². The van der Waals surface area contributed by atoms with Crippen LogP contribution in [0.1, 0.15) is 31.7 Å². The van der Waals surface area contributed by atoms with Crippen molar-refractivity contribution in [2.24, 2.45) is 5.92 Å². The molecule has 2 aromatic heterocycles. The Morgan fingerprint density at radius 3 is 2.71 bits per heavy atom. The number of carbonyl (C=O) groups is 2. The number of piperidine rings is 1. The highest BCUT2D eigenvalue weighted by atomic mass is 16.5. The number of rotatable bonds is 6. The van der Waals surface area contributed by atoms with Gasteiger partial charge in [0.05, 0.1) is 16.9 Å². The largest absolute Gasteiger partial charge is 0.465 e. The van der Waals surface area contributed by atoms with Gasteiger partial charge in [-0.15, -0.1) is 0 Å². The van der Waals surface area contributed by atoms with Gasteiger partial charge in [0.15, 0.2) is 0 Å². The summed E-state index contributed by atoms with van der Waals surface area (Å²) >= 11 is 0. The first-order valence-corrected chi connectivity index (χ1v) is 13.9. The van der Waals surface area contributed by atoms with Gasteiger partial charge in [0.2, 0.25) is 17.7 Å². The summed E-state index contributed by atoms with van der Waals surface area (Å²) < 4.78 is 6.54. The van der Waals surface area contributed by atoms with Gasteiger partial charge in [-0.1, -0.05) is 31.2 Å². The summed E-state index contributed by atoms with van der Waals surface area (Å²) in [6.45, 7) is 5.59. The molecule has 2 aliphatic heterocycles. The number of nitrogens with zero attached hydrogens (tertiary/aromatic N) is 5. The molecule has 4 heterocycles. The second kappa shape index (κ2) is 11.0. The van der Waals surface area contributed by atoms with E-state index in [0.29, 0.717) is 48.5 Å². The van der Waals surface area contributed by atoms with Crippen LogP contribution in [-0.2, 0) is 4.79 Å². The number of nitrogens with one attached hydrogen (secondary N) is 1. The van der Waals surface area contributed by atoms with Crippen LogP contribution in [0.5, 0.6) is 11.6 Å². The first kappa shape index (κ1) is 26.5. The number of likely N-dealkylation sites (tertiary alicyclic amines) is 1. The fourth-order valence-corrected chi connectivity index (χ4v) is 5.65. The number of carbonyl (C=O) groups excluding carboxylic acids is 1. The predicted molar refractivity (Wildman–Crippen MR) is 156 cm³/mol. The molecular weight excluding hydrogens is 520 g/mol. The van der Waals surface area contributed by atoms with Crippen molar-refractivity contribution < 1.29 is 19.4 Å². The zero-order valence-electron chi connectivity index (χ0n) is 23.1. The number of ether oxygens (including phenoxy) is 1. The molecular formula is C31H32N6O4. The topological polar surface area (TPSA) is 121 Å². The van der Waals surface area contributed by atoms with Gasteiger partial charge in [0.1, 0.15) is 5.75 Å². The summed E-state index contributed by atoms with van der Waals surface area (Å²) in [5.74, 6) is 1.66. The first-order chi connectivity index (χ1) is 19.9. The number of aromatic nitrogens is 3. The maximum absolute atomic E-state index is 12.8. The average Bonchev–Trinajstić information content (AvgIpc) is 3.32. The van der Waals surface area contributed by atoms with E-state index in [0.717, 1.165) is 41.3 Å². The molecule has 2 aliphatic rings. The summed E-state index contributed by atoms with van der Waals surface area (Å²) in [5.41, 5.74) is 3.16. The van der Waals surface area contributed by atoms with Crippen molar-refractivity contribution in [1.29, 1.82) is 0 Å². The number of hydrogen-bond donors (Lipinski definition) is 2. The van der Waals surface area contributed by atoms with E-state index < -0.39 is 6.09 Å². The van der Waals surface area contributed by atoms with Crippen LogP contribution < -0.4 is 15.0 Å². The molecule has 41 heavy (non-hydrogen) atoms. The lowest BCUT2D eigenvalue weighted by molar-refractivity contribution is -0.119. The quantitative estimate of drug-likeness (QED) is 0.312. The van der Waals surface area contributed by atoms with Gasteiger partial charge in [-0.2, -0.15) is 0 Å². The van der Waals surface area contributed by atoms with Crippen LogP contribution >= 0.6 is 0 Å². The van der Waals surface area contributed by atoms with Gasteiger partial charge >= 0.3 is 6.09 Å². The fraction of sp³-hybridized carbons (Fsp3) is 0.323. The molecule has 10 nitrogen and oxygen atoms in total. The number of aryl methyl sites for hydroxylation is 1. The van der Waals surface area contributed by atoms with E-state index in [4.69, 9.17) is 9.72 Å². The molecule has 2 N–H and O–H groups in total. The second-order valence-electron chi connectivity index (χ2n) is 10.7. The Hall–Kier alpha value is -4.73. The van der Waals surface area contributed by atoms with Gasteiger partial charge in [-0.3, -0.25) is 4.79 Å². The standard InChI is InChI=1S/C31H32N6O4/c1-19-10-11-22-23(7-3-9-26(22)37-17-13-20(2)29(37)38)27(19)41-28-24(8-4-14-32-28)25-12-15-33-30(35-25)34-21-6-5-16-36(18-21)31(39)40/h3-4,7-12,14-15,20-21H,5-6,13,16-18H2,1-2H3,(H,39,40)(H,33,34,35). The highest BCUT2D eigenvalue weighted by Crippen LogP contribution is 2.40. The van der Waals surface area contributed by atoms with Crippen molar-refractivity contribution in [2.75, 3.05) is 29.9 Å². The van der Waals surface area contributed by atoms with Crippen molar-refractivity contribution in [2.45, 2.75) is 39.2 Å². The molecule has 0 aliphatic carbocycles. The highest BCUT2D eigenvalue weighted by molar-refractivity contribution is 6.07. The molecule has 0 spiro atoms. The van der Waals surface area contributed by atoms with Crippen molar-refractivity contribution in [3.05, 3.63) is 66.5 Å². The minimum absolute atomic E-state index is 0.0176. The lowest BCUT2D eigenvalue weighted by Gasteiger charge is -2.31. The number of amides is 2. The van der Waals surface area contributed by atoms with E-state index in [2.05, 4.69) is 15.3 Å². The van der Waals surface area contributed by atoms with E-state index in [9.17, 15) is 14.7 Å². The molecule has 4 aromatic rings. The van der Waals surface area contributed by atoms with Gasteiger partial charge in [-0.25, -0.2) is 19.7 Å². The Kier molecular flexibility index (Phi) is 7.13. The monoisotopic (exact) mass is 552 g/mol. The molecule has 210 valence electrons. The van der Waals surface area contributed by atoms with E-state index in [1.165, 1.54) is 4.90 Å². The second-order valence-corrected chi connectivity index (χ2v) is 10.7. The fourth-order valence-electron chi connectivity index (χ4n) is 5.65. The SMILES string of the molecule is Cc1ccc2c(N3CCC(C)C3=O)cccc2c1Oc1ncccc1-c1ccnc(NC2CCCN(C(=O)O)C2)n1. The number of pyridine rings is 1. The van der Waals surface area contributed by atoms with E-state index >= 15 is 0 Å². The van der Waals surface area contributed by atoms with Crippen LogP contribution in [0.15, 0.2) is 60.9 Å². The van der Waals surface area contributed by atoms with E-state index in [1.807, 2.05) is 61.2 Å². The number of benzene rings is 2. The summed E-state index contributed by atoms with van der Waals surface area (Å²) in [4.78, 5) is 41.2. The van der Waals surface area contributed by atoms with Crippen LogP contribution in [0.25, 0.3) is 22.0 Å². The van der Waals surface area contributed by atoms with Crippen LogP contribution in [0.3, 0.4) is 0 Å². The van der Waals surface area contributed by atoms with Gasteiger partial charge < -0.3 is 25.0 Å². The zero-order chi connectivity index (χ0) is 28.5. The lowest BCUT2D eigenvalue weighted by atomic mass is 10.0. The van der Waals surface area contributed by atoms with Crippen molar-refractivity contribution in [3.63, 3.8) is 0 Å². The van der Waals surface area contributed by atoms with E-state index in [-0.39, 0.29) is 17.9 Å². The first-order valence-electron chi connectivity index (χ1n) is 13.9. The Morgan fingerprint density at radius 2 is 1.90 bits per heavy atom. The van der Waals surface area contributed by atoms with Gasteiger partial charge in [0, 0.05) is 54.8 Å². The molecule has 0 radical (unpaired) electrons. The highest BCUT2D eigenvalue weighted by Gasteiger charge is 2.30. The van der Waals surface area contributed by atoms with Gasteiger partial charge in [0.25, 0.3) is 0 Å². The third-order valence-corrected chi connectivity index (χ3v) is 7.88. The number of hydrogen-bond acceptors (Lipinski definition) is 7. The molecule has 2 saturated heterocycles. The zero-order valence-corrected chi connectivity index (χ0v) is 23.1.